The van der Waals surface area contributed by atoms with E-state index in [0.717, 1.165) is 5.82 Å². The maximum Gasteiger partial charge on any atom is 0.234 e. The molecule has 0 aliphatic heterocycles. The second kappa shape index (κ2) is 7.29. The molecule has 24 heavy (non-hydrogen) atoms. The number of benzene rings is 1. The molecule has 0 aliphatic rings. The number of halogens is 2. The smallest absolute Gasteiger partial charge is 0.234 e. The first kappa shape index (κ1) is 16.9. The van der Waals surface area contributed by atoms with Gasteiger partial charge in [-0.1, -0.05) is 35.0 Å². The molecule has 0 unspecified atom stereocenters. The summed E-state index contributed by atoms with van der Waals surface area (Å²) in [7, 11) is 0. The van der Waals surface area contributed by atoms with Gasteiger partial charge in [0.05, 0.1) is 5.75 Å². The average molecular weight is 382 g/mol. The molecule has 0 fully saturated rings. The minimum Gasteiger partial charge on any atom is -0.325 e. The van der Waals surface area contributed by atoms with Crippen LogP contribution in [0.5, 0.6) is 0 Å². The van der Waals surface area contributed by atoms with Crippen molar-refractivity contribution in [2.45, 2.75) is 12.1 Å². The van der Waals surface area contributed by atoms with Crippen LogP contribution in [-0.2, 0) is 4.79 Å². The number of thioether (sulfide) groups is 1. The van der Waals surface area contributed by atoms with Crippen LogP contribution in [0.2, 0.25) is 10.0 Å². The van der Waals surface area contributed by atoms with Gasteiger partial charge in [-0.15, -0.1) is 10.2 Å². The van der Waals surface area contributed by atoms with Crippen LogP contribution in [0.4, 0.5) is 5.69 Å². The summed E-state index contributed by atoms with van der Waals surface area (Å²) in [5, 5.41) is 12.5. The molecule has 0 radical (unpaired) electrons. The summed E-state index contributed by atoms with van der Waals surface area (Å²) in [6.07, 6.45) is 3.77. The molecule has 124 valence electrons. The molecule has 1 amide bonds. The number of nitrogens with one attached hydrogen (secondary N) is 1. The highest BCUT2D eigenvalue weighted by Gasteiger charge is 2.13. The SMILES string of the molecule is Cc1nnc(SCC(=O)Nc2cc(Cl)cc(Cl)c2)n1-n1cccc1. The fourth-order valence-corrected chi connectivity index (χ4v) is 3.41. The molecule has 0 bridgehead atoms. The topological polar surface area (TPSA) is 64.7 Å². The normalized spacial score (nSPS) is 10.8. The second-order valence-electron chi connectivity index (χ2n) is 4.90. The Balaban J connectivity index is 1.67. The zero-order valence-electron chi connectivity index (χ0n) is 12.6. The average Bonchev–Trinajstić information content (AvgIpc) is 3.13. The van der Waals surface area contributed by atoms with Gasteiger partial charge in [-0.05, 0) is 37.3 Å². The largest absolute Gasteiger partial charge is 0.325 e. The molecular formula is C15H13Cl2N5OS. The van der Waals surface area contributed by atoms with Gasteiger partial charge >= 0.3 is 0 Å². The molecule has 9 heteroatoms. The molecule has 0 saturated heterocycles. The number of hydrogen-bond donors (Lipinski definition) is 1. The third-order valence-corrected chi connectivity index (χ3v) is 4.42. The Hall–Kier alpha value is -1.96. The zero-order valence-corrected chi connectivity index (χ0v) is 14.9. The van der Waals surface area contributed by atoms with Crippen molar-refractivity contribution in [2.24, 2.45) is 0 Å². The summed E-state index contributed by atoms with van der Waals surface area (Å²) in [5.41, 5.74) is 0.557. The first-order valence-corrected chi connectivity index (χ1v) is 8.71. The highest BCUT2D eigenvalue weighted by Crippen LogP contribution is 2.23. The number of carbonyl (C=O) groups is 1. The minimum absolute atomic E-state index is 0.182. The van der Waals surface area contributed by atoms with Crippen molar-refractivity contribution >= 4 is 46.6 Å². The van der Waals surface area contributed by atoms with Gasteiger partial charge < -0.3 is 5.32 Å². The Morgan fingerprint density at radius 3 is 2.50 bits per heavy atom. The van der Waals surface area contributed by atoms with E-state index in [-0.39, 0.29) is 11.7 Å². The number of amides is 1. The van der Waals surface area contributed by atoms with Crippen LogP contribution in [0.15, 0.2) is 47.9 Å². The molecular weight excluding hydrogens is 369 g/mol. The maximum atomic E-state index is 12.1. The quantitative estimate of drug-likeness (QED) is 0.683. The summed E-state index contributed by atoms with van der Waals surface area (Å²) in [4.78, 5) is 12.1. The van der Waals surface area contributed by atoms with Crippen molar-refractivity contribution in [2.75, 3.05) is 11.1 Å². The highest BCUT2D eigenvalue weighted by atomic mass is 35.5. The molecule has 1 aromatic carbocycles. The first-order chi connectivity index (χ1) is 11.5. The molecule has 1 N–H and O–H groups in total. The molecule has 0 spiro atoms. The molecule has 2 aromatic heterocycles. The van der Waals surface area contributed by atoms with E-state index in [1.165, 1.54) is 11.8 Å². The van der Waals surface area contributed by atoms with E-state index in [0.29, 0.717) is 20.9 Å². The lowest BCUT2D eigenvalue weighted by Crippen LogP contribution is -2.16. The van der Waals surface area contributed by atoms with Crippen molar-refractivity contribution < 1.29 is 4.79 Å². The van der Waals surface area contributed by atoms with Crippen molar-refractivity contribution in [1.82, 2.24) is 19.5 Å². The van der Waals surface area contributed by atoms with E-state index < -0.39 is 0 Å². The summed E-state index contributed by atoms with van der Waals surface area (Å²) < 4.78 is 3.68. The van der Waals surface area contributed by atoms with Gasteiger partial charge in [0.2, 0.25) is 11.1 Å². The predicted molar refractivity (Wildman–Crippen MR) is 95.8 cm³/mol. The van der Waals surface area contributed by atoms with Crippen molar-refractivity contribution in [3.63, 3.8) is 0 Å². The predicted octanol–water partition coefficient (Wildman–Crippen LogP) is 3.74. The van der Waals surface area contributed by atoms with Crippen LogP contribution in [0.1, 0.15) is 5.82 Å². The van der Waals surface area contributed by atoms with Crippen LogP contribution in [0.25, 0.3) is 0 Å². The third kappa shape index (κ3) is 3.92. The van der Waals surface area contributed by atoms with E-state index in [1.54, 1.807) is 18.2 Å². The van der Waals surface area contributed by atoms with Crippen LogP contribution in [-0.4, -0.2) is 31.2 Å². The lowest BCUT2D eigenvalue weighted by molar-refractivity contribution is -0.113. The second-order valence-corrected chi connectivity index (χ2v) is 6.71. The van der Waals surface area contributed by atoms with Crippen LogP contribution < -0.4 is 5.32 Å². The third-order valence-electron chi connectivity index (χ3n) is 3.07. The van der Waals surface area contributed by atoms with Crippen LogP contribution in [0, 0.1) is 6.92 Å². The Kier molecular flexibility index (Phi) is 5.13. The van der Waals surface area contributed by atoms with Gasteiger partial charge in [-0.25, -0.2) is 4.68 Å². The summed E-state index contributed by atoms with van der Waals surface area (Å²) in [6, 6.07) is 8.70. The van der Waals surface area contributed by atoms with Gasteiger partial charge in [-0.2, -0.15) is 0 Å². The number of rotatable bonds is 5. The van der Waals surface area contributed by atoms with Gasteiger partial charge in [0.15, 0.2) is 5.82 Å². The van der Waals surface area contributed by atoms with E-state index >= 15 is 0 Å². The number of anilines is 1. The fraction of sp³-hybridized carbons (Fsp3) is 0.133. The fourth-order valence-electron chi connectivity index (χ4n) is 2.11. The summed E-state index contributed by atoms with van der Waals surface area (Å²) in [5.74, 6) is 0.734. The number of hydrogen-bond acceptors (Lipinski definition) is 4. The Morgan fingerprint density at radius 1 is 1.17 bits per heavy atom. The lowest BCUT2D eigenvalue weighted by Gasteiger charge is -2.09. The lowest BCUT2D eigenvalue weighted by atomic mass is 10.3. The van der Waals surface area contributed by atoms with Gasteiger partial charge in [0.25, 0.3) is 0 Å². The van der Waals surface area contributed by atoms with Crippen LogP contribution in [0.3, 0.4) is 0 Å². The first-order valence-electron chi connectivity index (χ1n) is 6.97. The van der Waals surface area contributed by atoms with Crippen molar-refractivity contribution in [3.8, 4) is 0 Å². The molecule has 3 aromatic rings. The van der Waals surface area contributed by atoms with E-state index in [9.17, 15) is 4.79 Å². The number of nitrogens with zero attached hydrogens (tertiary/aromatic N) is 4. The summed E-state index contributed by atoms with van der Waals surface area (Å²) >= 11 is 13.1. The van der Waals surface area contributed by atoms with Gasteiger partial charge in [-0.3, -0.25) is 9.47 Å². The standard InChI is InChI=1S/C15H13Cl2N5OS/c1-10-19-20-15(22(10)21-4-2-3-5-21)24-9-14(23)18-13-7-11(16)6-12(17)8-13/h2-8H,9H2,1H3,(H,18,23). The van der Waals surface area contributed by atoms with E-state index in [4.69, 9.17) is 23.2 Å². The molecule has 2 heterocycles. The molecule has 6 nitrogen and oxygen atoms in total. The molecule has 0 saturated carbocycles. The molecule has 0 aliphatic carbocycles. The number of carbonyl (C=O) groups excluding carboxylic acids is 1. The maximum absolute atomic E-state index is 12.1. The summed E-state index contributed by atoms with van der Waals surface area (Å²) in [6.45, 7) is 1.85. The number of aryl methyl sites for hydroxylation is 1. The monoisotopic (exact) mass is 381 g/mol. The molecule has 0 atom stereocenters. The van der Waals surface area contributed by atoms with Crippen molar-refractivity contribution in [1.29, 1.82) is 0 Å². The Morgan fingerprint density at radius 2 is 1.83 bits per heavy atom. The zero-order chi connectivity index (χ0) is 17.1. The Bertz CT molecular complexity index is 843. The minimum atomic E-state index is -0.182. The van der Waals surface area contributed by atoms with E-state index in [1.807, 2.05) is 40.8 Å². The Labute approximate surface area is 152 Å². The highest BCUT2D eigenvalue weighted by molar-refractivity contribution is 7.99. The van der Waals surface area contributed by atoms with Crippen LogP contribution >= 0.6 is 35.0 Å². The van der Waals surface area contributed by atoms with Gasteiger partial charge in [0.1, 0.15) is 0 Å². The van der Waals surface area contributed by atoms with E-state index in [2.05, 4.69) is 15.5 Å². The van der Waals surface area contributed by atoms with Crippen molar-refractivity contribution in [3.05, 3.63) is 58.6 Å². The van der Waals surface area contributed by atoms with Gasteiger partial charge in [0, 0.05) is 28.1 Å². The number of aromatic nitrogens is 4. The molecule has 3 rings (SSSR count).